The predicted molar refractivity (Wildman–Crippen MR) is 80.9 cm³/mol. The molecule has 0 amide bonds. The number of aromatic hydroxyl groups is 1. The van der Waals surface area contributed by atoms with Crippen molar-refractivity contribution in [3.63, 3.8) is 0 Å². The molecule has 2 rings (SSSR count). The highest BCUT2D eigenvalue weighted by Gasteiger charge is 2.08. The summed E-state index contributed by atoms with van der Waals surface area (Å²) < 4.78 is 5.85. The maximum absolute atomic E-state index is 9.98. The molecule has 2 aromatic carbocycles. The SMILES string of the molecule is COc1ccc(N(C)Cc2cccc(Br)c2O)cc1. The second-order valence-corrected chi connectivity index (χ2v) is 5.16. The molecule has 0 aliphatic rings. The molecule has 0 saturated carbocycles. The van der Waals surface area contributed by atoms with Gasteiger partial charge in [0.25, 0.3) is 0 Å². The van der Waals surface area contributed by atoms with Gasteiger partial charge in [-0.15, -0.1) is 0 Å². The zero-order valence-corrected chi connectivity index (χ0v) is 12.5. The van der Waals surface area contributed by atoms with Gasteiger partial charge in [-0.1, -0.05) is 12.1 Å². The normalized spacial score (nSPS) is 10.3. The number of methoxy groups -OCH3 is 1. The maximum atomic E-state index is 9.98. The van der Waals surface area contributed by atoms with Crippen LogP contribution >= 0.6 is 15.9 Å². The Kier molecular flexibility index (Phi) is 4.32. The van der Waals surface area contributed by atoms with Crippen LogP contribution in [0.4, 0.5) is 5.69 Å². The first-order valence-corrected chi connectivity index (χ1v) is 6.72. The topological polar surface area (TPSA) is 32.7 Å². The third kappa shape index (κ3) is 3.20. The number of anilines is 1. The second-order valence-electron chi connectivity index (χ2n) is 4.30. The van der Waals surface area contributed by atoms with Crippen LogP contribution in [0.1, 0.15) is 5.56 Å². The molecule has 100 valence electrons. The fraction of sp³-hybridized carbons (Fsp3) is 0.200. The summed E-state index contributed by atoms with van der Waals surface area (Å²) in [6.45, 7) is 0.637. The third-order valence-electron chi connectivity index (χ3n) is 2.99. The zero-order chi connectivity index (χ0) is 13.8. The number of para-hydroxylation sites is 1. The Morgan fingerprint density at radius 2 is 1.84 bits per heavy atom. The lowest BCUT2D eigenvalue weighted by molar-refractivity contribution is 0.415. The fourth-order valence-electron chi connectivity index (χ4n) is 1.87. The van der Waals surface area contributed by atoms with Crippen molar-refractivity contribution in [3.8, 4) is 11.5 Å². The molecular weight excluding hydrogens is 306 g/mol. The van der Waals surface area contributed by atoms with Gasteiger partial charge in [0.05, 0.1) is 11.6 Å². The van der Waals surface area contributed by atoms with E-state index >= 15 is 0 Å². The van der Waals surface area contributed by atoms with Crippen LogP contribution in [-0.4, -0.2) is 19.3 Å². The highest BCUT2D eigenvalue weighted by atomic mass is 79.9. The molecule has 0 aliphatic carbocycles. The molecule has 0 atom stereocenters. The number of rotatable bonds is 4. The van der Waals surface area contributed by atoms with E-state index in [1.807, 2.05) is 49.5 Å². The van der Waals surface area contributed by atoms with Gasteiger partial charge in [-0.2, -0.15) is 0 Å². The molecule has 0 saturated heterocycles. The average Bonchev–Trinajstić information content (AvgIpc) is 2.44. The van der Waals surface area contributed by atoms with Crippen molar-refractivity contribution in [2.75, 3.05) is 19.1 Å². The lowest BCUT2D eigenvalue weighted by atomic mass is 10.2. The van der Waals surface area contributed by atoms with Crippen molar-refractivity contribution in [3.05, 3.63) is 52.5 Å². The van der Waals surface area contributed by atoms with E-state index in [0.717, 1.165) is 17.0 Å². The lowest BCUT2D eigenvalue weighted by Gasteiger charge is -2.20. The molecular formula is C15H16BrNO2. The highest BCUT2D eigenvalue weighted by Crippen LogP contribution is 2.29. The first-order valence-electron chi connectivity index (χ1n) is 5.93. The van der Waals surface area contributed by atoms with E-state index in [9.17, 15) is 5.11 Å². The lowest BCUT2D eigenvalue weighted by Crippen LogP contribution is -2.16. The van der Waals surface area contributed by atoms with E-state index in [1.54, 1.807) is 7.11 Å². The number of halogens is 1. The average molecular weight is 322 g/mol. The van der Waals surface area contributed by atoms with Gasteiger partial charge in [-0.25, -0.2) is 0 Å². The first-order chi connectivity index (χ1) is 9.11. The largest absolute Gasteiger partial charge is 0.506 e. The van der Waals surface area contributed by atoms with Crippen LogP contribution in [0.5, 0.6) is 11.5 Å². The molecule has 3 nitrogen and oxygen atoms in total. The van der Waals surface area contributed by atoms with Crippen molar-refractivity contribution in [2.45, 2.75) is 6.54 Å². The van der Waals surface area contributed by atoms with Gasteiger partial charge < -0.3 is 14.7 Å². The monoisotopic (exact) mass is 321 g/mol. The van der Waals surface area contributed by atoms with Gasteiger partial charge in [0.2, 0.25) is 0 Å². The number of phenols is 1. The van der Waals surface area contributed by atoms with Crippen LogP contribution < -0.4 is 9.64 Å². The minimum atomic E-state index is 0.294. The second kappa shape index (κ2) is 5.97. The number of ether oxygens (including phenoxy) is 1. The minimum Gasteiger partial charge on any atom is -0.506 e. The van der Waals surface area contributed by atoms with Gasteiger partial charge in [0.1, 0.15) is 11.5 Å². The van der Waals surface area contributed by atoms with Crippen molar-refractivity contribution < 1.29 is 9.84 Å². The van der Waals surface area contributed by atoms with Gasteiger partial charge in [0, 0.05) is 24.8 Å². The quantitative estimate of drug-likeness (QED) is 0.929. The Bertz CT molecular complexity index is 555. The summed E-state index contributed by atoms with van der Waals surface area (Å²) in [5.74, 6) is 1.13. The molecule has 0 bridgehead atoms. The Hall–Kier alpha value is -1.68. The van der Waals surface area contributed by atoms with Crippen LogP contribution in [0.25, 0.3) is 0 Å². The molecule has 0 spiro atoms. The standard InChI is InChI=1S/C15H16BrNO2/c1-17(12-6-8-13(19-2)9-7-12)10-11-4-3-5-14(16)15(11)18/h3-9,18H,10H2,1-2H3. The Morgan fingerprint density at radius 3 is 2.47 bits per heavy atom. The van der Waals surface area contributed by atoms with Gasteiger partial charge >= 0.3 is 0 Å². The first kappa shape index (κ1) is 13.7. The van der Waals surface area contributed by atoms with Crippen LogP contribution in [-0.2, 0) is 6.54 Å². The molecule has 0 fully saturated rings. The van der Waals surface area contributed by atoms with E-state index in [2.05, 4.69) is 20.8 Å². The molecule has 0 radical (unpaired) electrons. The zero-order valence-electron chi connectivity index (χ0n) is 10.9. The summed E-state index contributed by atoms with van der Waals surface area (Å²) >= 11 is 3.33. The number of hydrogen-bond acceptors (Lipinski definition) is 3. The highest BCUT2D eigenvalue weighted by molar-refractivity contribution is 9.10. The van der Waals surface area contributed by atoms with Crippen molar-refractivity contribution in [1.29, 1.82) is 0 Å². The Balaban J connectivity index is 2.15. The summed E-state index contributed by atoms with van der Waals surface area (Å²) in [5.41, 5.74) is 1.95. The van der Waals surface area contributed by atoms with Crippen molar-refractivity contribution >= 4 is 21.6 Å². The van der Waals surface area contributed by atoms with Gasteiger partial charge in [-0.3, -0.25) is 0 Å². The number of nitrogens with zero attached hydrogens (tertiary/aromatic N) is 1. The van der Waals surface area contributed by atoms with E-state index in [0.29, 0.717) is 16.8 Å². The summed E-state index contributed by atoms with van der Waals surface area (Å²) in [7, 11) is 3.64. The summed E-state index contributed by atoms with van der Waals surface area (Å²) in [6.07, 6.45) is 0. The number of benzene rings is 2. The molecule has 19 heavy (non-hydrogen) atoms. The minimum absolute atomic E-state index is 0.294. The van der Waals surface area contributed by atoms with Crippen LogP contribution in [0, 0.1) is 0 Å². The molecule has 2 aromatic rings. The summed E-state index contributed by atoms with van der Waals surface area (Å²) in [5, 5.41) is 9.98. The molecule has 0 unspecified atom stereocenters. The molecule has 0 heterocycles. The predicted octanol–water partition coefficient (Wildman–Crippen LogP) is 3.80. The fourth-order valence-corrected chi connectivity index (χ4v) is 2.28. The summed E-state index contributed by atoms with van der Waals surface area (Å²) in [6, 6.07) is 13.5. The van der Waals surface area contributed by atoms with Gasteiger partial charge in [0.15, 0.2) is 0 Å². The Labute approximate surface area is 121 Å². The summed E-state index contributed by atoms with van der Waals surface area (Å²) in [4.78, 5) is 2.07. The van der Waals surface area contributed by atoms with E-state index in [1.165, 1.54) is 0 Å². The molecule has 0 aromatic heterocycles. The van der Waals surface area contributed by atoms with Crippen LogP contribution in [0.2, 0.25) is 0 Å². The third-order valence-corrected chi connectivity index (χ3v) is 3.63. The van der Waals surface area contributed by atoms with Crippen LogP contribution in [0.15, 0.2) is 46.9 Å². The van der Waals surface area contributed by atoms with Crippen molar-refractivity contribution in [1.82, 2.24) is 0 Å². The maximum Gasteiger partial charge on any atom is 0.134 e. The van der Waals surface area contributed by atoms with Crippen molar-refractivity contribution in [2.24, 2.45) is 0 Å². The van der Waals surface area contributed by atoms with E-state index in [4.69, 9.17) is 4.74 Å². The van der Waals surface area contributed by atoms with Crippen LogP contribution in [0.3, 0.4) is 0 Å². The molecule has 0 aliphatic heterocycles. The number of hydrogen-bond donors (Lipinski definition) is 1. The smallest absolute Gasteiger partial charge is 0.134 e. The molecule has 1 N–H and O–H groups in total. The Morgan fingerprint density at radius 1 is 1.16 bits per heavy atom. The van der Waals surface area contributed by atoms with Gasteiger partial charge in [-0.05, 0) is 46.3 Å². The van der Waals surface area contributed by atoms with E-state index in [-0.39, 0.29) is 0 Å². The molecule has 4 heteroatoms. The number of phenolic OH excluding ortho intramolecular Hbond substituents is 1. The van der Waals surface area contributed by atoms with E-state index < -0.39 is 0 Å².